The van der Waals surface area contributed by atoms with E-state index in [4.69, 9.17) is 5.73 Å². The summed E-state index contributed by atoms with van der Waals surface area (Å²) >= 11 is 0. The molecule has 0 aromatic carbocycles. The smallest absolute Gasteiger partial charge is 0.110 e. The normalized spacial score (nSPS) is 18.2. The van der Waals surface area contributed by atoms with Crippen molar-refractivity contribution < 1.29 is 5.11 Å². The van der Waals surface area contributed by atoms with Crippen LogP contribution in [0.2, 0.25) is 0 Å². The van der Waals surface area contributed by atoms with Crippen molar-refractivity contribution in [2.75, 3.05) is 13.1 Å². The monoisotopic (exact) mass is 202 g/mol. The molecule has 0 fully saturated rings. The van der Waals surface area contributed by atoms with E-state index in [1.807, 2.05) is 0 Å². The summed E-state index contributed by atoms with van der Waals surface area (Å²) in [7, 11) is 0. The van der Waals surface area contributed by atoms with Gasteiger partial charge in [0.2, 0.25) is 0 Å². The summed E-state index contributed by atoms with van der Waals surface area (Å²) < 4.78 is 0. The molecule has 0 aliphatic rings. The minimum atomic E-state index is -0.453. The molecule has 0 saturated heterocycles. The largest absolute Gasteiger partial charge is 0.378 e. The molecule has 14 heavy (non-hydrogen) atoms. The van der Waals surface area contributed by atoms with Gasteiger partial charge in [0.05, 0.1) is 0 Å². The maximum Gasteiger partial charge on any atom is 0.110 e. The number of aliphatic hydroxyl groups is 1. The van der Waals surface area contributed by atoms with Crippen molar-refractivity contribution >= 4 is 0 Å². The molecule has 0 aliphatic heterocycles. The van der Waals surface area contributed by atoms with Gasteiger partial charge in [-0.2, -0.15) is 0 Å². The molecule has 2 unspecified atom stereocenters. The maximum absolute atomic E-state index is 10.0. The fraction of sp³-hybridized carbons (Fsp3) is 1.00. The summed E-state index contributed by atoms with van der Waals surface area (Å²) in [6.07, 6.45) is 1.67. The second-order valence-corrected chi connectivity index (χ2v) is 4.56. The zero-order chi connectivity index (χ0) is 11.2. The number of aliphatic hydroxyl groups excluding tert-OH is 1. The van der Waals surface area contributed by atoms with E-state index in [0.717, 1.165) is 12.8 Å². The Kier molecular flexibility index (Phi) is 6.33. The van der Waals surface area contributed by atoms with Gasteiger partial charge in [0, 0.05) is 18.5 Å². The minimum Gasteiger partial charge on any atom is -0.378 e. The van der Waals surface area contributed by atoms with Crippen LogP contribution < -0.4 is 11.1 Å². The predicted molar refractivity (Wildman–Crippen MR) is 60.9 cm³/mol. The Morgan fingerprint density at radius 2 is 2.00 bits per heavy atom. The molecule has 4 N–H and O–H groups in total. The summed E-state index contributed by atoms with van der Waals surface area (Å²) in [5, 5.41) is 13.1. The summed E-state index contributed by atoms with van der Waals surface area (Å²) in [6, 6.07) is 0. The van der Waals surface area contributed by atoms with E-state index in [1.165, 1.54) is 0 Å². The van der Waals surface area contributed by atoms with Gasteiger partial charge in [0.25, 0.3) is 0 Å². The van der Waals surface area contributed by atoms with Crippen molar-refractivity contribution in [1.29, 1.82) is 0 Å². The van der Waals surface area contributed by atoms with Crippen LogP contribution >= 0.6 is 0 Å². The van der Waals surface area contributed by atoms with Crippen LogP contribution in [0.3, 0.4) is 0 Å². The van der Waals surface area contributed by atoms with Crippen LogP contribution in [0, 0.1) is 11.3 Å². The highest BCUT2D eigenvalue weighted by Crippen LogP contribution is 2.34. The Morgan fingerprint density at radius 3 is 2.36 bits per heavy atom. The van der Waals surface area contributed by atoms with Crippen LogP contribution in [-0.4, -0.2) is 24.4 Å². The molecule has 0 amide bonds. The average molecular weight is 202 g/mol. The molecular weight excluding hydrogens is 176 g/mol. The Labute approximate surface area is 88.1 Å². The summed E-state index contributed by atoms with van der Waals surface area (Å²) in [4.78, 5) is 0. The molecule has 0 spiro atoms. The minimum absolute atomic E-state index is 0.0517. The first-order chi connectivity index (χ1) is 6.49. The van der Waals surface area contributed by atoms with Crippen molar-refractivity contribution in [3.05, 3.63) is 0 Å². The first kappa shape index (κ1) is 13.9. The Bertz CT molecular complexity index is 150. The molecule has 0 heterocycles. The zero-order valence-corrected chi connectivity index (χ0v) is 10.0. The molecule has 0 bridgehead atoms. The van der Waals surface area contributed by atoms with E-state index in [1.54, 1.807) is 0 Å². The van der Waals surface area contributed by atoms with E-state index >= 15 is 0 Å². The third-order valence-corrected chi connectivity index (χ3v) is 3.21. The SMILES string of the molecule is CCCC(C)(C(C)C)C(O)NCCN. The van der Waals surface area contributed by atoms with E-state index in [-0.39, 0.29) is 5.41 Å². The van der Waals surface area contributed by atoms with Gasteiger partial charge in [0.15, 0.2) is 0 Å². The Hall–Kier alpha value is -0.120. The molecule has 86 valence electrons. The Balaban J connectivity index is 4.31. The fourth-order valence-corrected chi connectivity index (χ4v) is 1.73. The van der Waals surface area contributed by atoms with Crippen molar-refractivity contribution in [3.63, 3.8) is 0 Å². The van der Waals surface area contributed by atoms with Gasteiger partial charge in [-0.25, -0.2) is 0 Å². The van der Waals surface area contributed by atoms with Gasteiger partial charge >= 0.3 is 0 Å². The number of nitrogens with one attached hydrogen (secondary N) is 1. The highest BCUT2D eigenvalue weighted by Gasteiger charge is 2.34. The molecule has 0 saturated carbocycles. The highest BCUT2D eigenvalue weighted by atomic mass is 16.3. The second-order valence-electron chi connectivity index (χ2n) is 4.56. The third-order valence-electron chi connectivity index (χ3n) is 3.21. The number of nitrogens with two attached hydrogens (primary N) is 1. The molecule has 0 rings (SSSR count). The third kappa shape index (κ3) is 3.56. The molecule has 0 aromatic heterocycles. The van der Waals surface area contributed by atoms with Gasteiger partial charge in [-0.05, 0) is 12.3 Å². The van der Waals surface area contributed by atoms with Crippen LogP contribution in [0.1, 0.15) is 40.5 Å². The van der Waals surface area contributed by atoms with Crippen LogP contribution in [0.4, 0.5) is 0 Å². The van der Waals surface area contributed by atoms with Crippen LogP contribution in [0.25, 0.3) is 0 Å². The van der Waals surface area contributed by atoms with Gasteiger partial charge < -0.3 is 10.8 Å². The first-order valence-corrected chi connectivity index (χ1v) is 5.60. The molecule has 0 aliphatic carbocycles. The quantitative estimate of drug-likeness (QED) is 0.546. The fourth-order valence-electron chi connectivity index (χ4n) is 1.73. The average Bonchev–Trinajstić information content (AvgIpc) is 2.14. The molecule has 3 heteroatoms. The van der Waals surface area contributed by atoms with Crippen molar-refractivity contribution in [3.8, 4) is 0 Å². The molecular formula is C11H26N2O. The van der Waals surface area contributed by atoms with Gasteiger partial charge in [-0.1, -0.05) is 34.1 Å². The van der Waals surface area contributed by atoms with Crippen LogP contribution in [0.15, 0.2) is 0 Å². The van der Waals surface area contributed by atoms with Crippen LogP contribution in [0.5, 0.6) is 0 Å². The lowest BCUT2D eigenvalue weighted by Gasteiger charge is -2.38. The predicted octanol–water partition coefficient (Wildman–Crippen LogP) is 1.32. The highest BCUT2D eigenvalue weighted by molar-refractivity contribution is 4.83. The first-order valence-electron chi connectivity index (χ1n) is 5.60. The number of hydrogen-bond donors (Lipinski definition) is 3. The van der Waals surface area contributed by atoms with E-state index in [0.29, 0.717) is 19.0 Å². The summed E-state index contributed by atoms with van der Waals surface area (Å²) in [5.41, 5.74) is 5.34. The topological polar surface area (TPSA) is 58.3 Å². The molecule has 0 radical (unpaired) electrons. The maximum atomic E-state index is 10.0. The van der Waals surface area contributed by atoms with Crippen molar-refractivity contribution in [2.24, 2.45) is 17.1 Å². The van der Waals surface area contributed by atoms with Gasteiger partial charge in [-0.3, -0.25) is 5.32 Å². The number of rotatable bonds is 7. The van der Waals surface area contributed by atoms with Crippen LogP contribution in [-0.2, 0) is 0 Å². The van der Waals surface area contributed by atoms with Gasteiger partial charge in [0.1, 0.15) is 6.23 Å². The van der Waals surface area contributed by atoms with Crippen molar-refractivity contribution in [2.45, 2.75) is 46.8 Å². The van der Waals surface area contributed by atoms with E-state index in [9.17, 15) is 5.11 Å². The Morgan fingerprint density at radius 1 is 1.43 bits per heavy atom. The van der Waals surface area contributed by atoms with Crippen molar-refractivity contribution in [1.82, 2.24) is 5.32 Å². The standard InChI is InChI=1S/C11H26N2O/c1-5-6-11(4,9(2)3)10(14)13-8-7-12/h9-10,13-14H,5-8,12H2,1-4H3. The summed E-state index contributed by atoms with van der Waals surface area (Å²) in [6.45, 7) is 9.84. The lowest BCUT2D eigenvalue weighted by molar-refractivity contribution is -0.0259. The summed E-state index contributed by atoms with van der Waals surface area (Å²) in [5.74, 6) is 0.461. The number of hydrogen-bond acceptors (Lipinski definition) is 3. The molecule has 2 atom stereocenters. The van der Waals surface area contributed by atoms with E-state index in [2.05, 4.69) is 33.0 Å². The zero-order valence-electron chi connectivity index (χ0n) is 10.0. The second kappa shape index (κ2) is 6.38. The molecule has 0 aromatic rings. The van der Waals surface area contributed by atoms with E-state index < -0.39 is 6.23 Å². The lowest BCUT2D eigenvalue weighted by atomic mass is 9.74. The lowest BCUT2D eigenvalue weighted by Crippen LogP contribution is -2.48. The van der Waals surface area contributed by atoms with Gasteiger partial charge in [-0.15, -0.1) is 0 Å². The molecule has 3 nitrogen and oxygen atoms in total.